The fraction of sp³-hybridized carbons (Fsp3) is 0.286. The molecule has 3 rings (SSSR count). The second-order valence-corrected chi connectivity index (χ2v) is 10.1. The van der Waals surface area contributed by atoms with Gasteiger partial charge in [0.05, 0.1) is 11.4 Å². The maximum Gasteiger partial charge on any atom is 0.243 e. The average Bonchev–Trinajstić information content (AvgIpc) is 3.25. The molecular formula is C21H25N5O3S2. The van der Waals surface area contributed by atoms with Crippen LogP contribution in [-0.2, 0) is 21.4 Å². The highest BCUT2D eigenvalue weighted by Gasteiger charge is 2.27. The van der Waals surface area contributed by atoms with E-state index in [0.29, 0.717) is 17.5 Å². The number of carbonyl (C=O) groups is 1. The van der Waals surface area contributed by atoms with Crippen molar-refractivity contribution in [3.05, 3.63) is 71.5 Å². The van der Waals surface area contributed by atoms with Crippen LogP contribution < -0.4 is 5.32 Å². The molecule has 0 atom stereocenters. The molecule has 164 valence electrons. The van der Waals surface area contributed by atoms with E-state index in [1.807, 2.05) is 38.1 Å². The van der Waals surface area contributed by atoms with Crippen molar-refractivity contribution in [1.29, 1.82) is 0 Å². The lowest BCUT2D eigenvalue weighted by Gasteiger charge is -2.22. The predicted octanol–water partition coefficient (Wildman–Crippen LogP) is 2.52. The first-order valence-corrected chi connectivity index (χ1v) is 12.1. The highest BCUT2D eigenvalue weighted by atomic mass is 32.2. The maximum absolute atomic E-state index is 13.3. The second kappa shape index (κ2) is 10.6. The zero-order valence-electron chi connectivity index (χ0n) is 17.4. The topological polar surface area (TPSA) is 108 Å². The number of hydrogen-bond donors (Lipinski definition) is 2. The molecule has 0 aliphatic rings. The zero-order chi connectivity index (χ0) is 22.3. The molecule has 0 fully saturated rings. The molecule has 0 saturated carbocycles. The Balaban J connectivity index is 1.70. The third-order valence-electron chi connectivity index (χ3n) is 4.48. The summed E-state index contributed by atoms with van der Waals surface area (Å²) in [6, 6.07) is 14.2. The van der Waals surface area contributed by atoms with Crippen molar-refractivity contribution in [2.24, 2.45) is 0 Å². The molecule has 2 aromatic carbocycles. The van der Waals surface area contributed by atoms with Gasteiger partial charge in [-0.15, -0.1) is 0 Å². The monoisotopic (exact) mass is 459 g/mol. The summed E-state index contributed by atoms with van der Waals surface area (Å²) in [6.07, 6.45) is 1.42. The van der Waals surface area contributed by atoms with E-state index in [9.17, 15) is 13.2 Å². The van der Waals surface area contributed by atoms with Gasteiger partial charge < -0.3 is 5.32 Å². The highest BCUT2D eigenvalue weighted by molar-refractivity contribution is 7.99. The van der Waals surface area contributed by atoms with E-state index in [0.717, 1.165) is 16.7 Å². The number of aromatic amines is 1. The second-order valence-electron chi connectivity index (χ2n) is 7.06. The van der Waals surface area contributed by atoms with Crippen molar-refractivity contribution in [2.75, 3.05) is 18.8 Å². The summed E-state index contributed by atoms with van der Waals surface area (Å²) in [6.45, 7) is 4.06. The third kappa shape index (κ3) is 6.65. The molecule has 0 unspecified atom stereocenters. The molecule has 0 aliphatic carbocycles. The molecule has 1 aromatic heterocycles. The Morgan fingerprint density at radius 3 is 2.58 bits per heavy atom. The number of thioether (sulfide) groups is 1. The number of aryl methyl sites for hydroxylation is 2. The van der Waals surface area contributed by atoms with Crippen LogP contribution >= 0.6 is 11.8 Å². The molecule has 0 radical (unpaired) electrons. The van der Waals surface area contributed by atoms with Gasteiger partial charge in [0.25, 0.3) is 0 Å². The van der Waals surface area contributed by atoms with Crippen LogP contribution in [0.5, 0.6) is 0 Å². The minimum atomic E-state index is -3.85. The summed E-state index contributed by atoms with van der Waals surface area (Å²) < 4.78 is 27.8. The van der Waals surface area contributed by atoms with E-state index in [1.54, 1.807) is 24.3 Å². The predicted molar refractivity (Wildman–Crippen MR) is 120 cm³/mol. The van der Waals surface area contributed by atoms with Gasteiger partial charge in [-0.1, -0.05) is 59.3 Å². The van der Waals surface area contributed by atoms with Gasteiger partial charge in [0.15, 0.2) is 5.16 Å². The number of aromatic nitrogens is 3. The highest BCUT2D eigenvalue weighted by Crippen LogP contribution is 2.19. The number of H-pyrrole nitrogens is 1. The molecule has 0 aliphatic heterocycles. The van der Waals surface area contributed by atoms with Gasteiger partial charge >= 0.3 is 0 Å². The Morgan fingerprint density at radius 2 is 1.90 bits per heavy atom. The van der Waals surface area contributed by atoms with Crippen molar-refractivity contribution >= 4 is 27.7 Å². The lowest BCUT2D eigenvalue weighted by molar-refractivity contribution is -0.121. The summed E-state index contributed by atoms with van der Waals surface area (Å²) >= 11 is 1.42. The van der Waals surface area contributed by atoms with Crippen molar-refractivity contribution in [3.63, 3.8) is 0 Å². The molecule has 3 aromatic rings. The van der Waals surface area contributed by atoms with Crippen molar-refractivity contribution in [3.8, 4) is 0 Å². The van der Waals surface area contributed by atoms with Crippen molar-refractivity contribution < 1.29 is 13.2 Å². The number of amides is 1. The Hall–Kier alpha value is -2.69. The summed E-state index contributed by atoms with van der Waals surface area (Å²) in [5.41, 5.74) is 2.81. The van der Waals surface area contributed by atoms with Crippen molar-refractivity contribution in [1.82, 2.24) is 24.8 Å². The van der Waals surface area contributed by atoms with Gasteiger partial charge in [0.1, 0.15) is 6.33 Å². The van der Waals surface area contributed by atoms with Crippen LogP contribution in [0.4, 0.5) is 0 Å². The van der Waals surface area contributed by atoms with E-state index in [-0.39, 0.29) is 23.9 Å². The maximum atomic E-state index is 13.3. The molecule has 31 heavy (non-hydrogen) atoms. The van der Waals surface area contributed by atoms with Gasteiger partial charge in [0.2, 0.25) is 15.9 Å². The van der Waals surface area contributed by atoms with Crippen LogP contribution in [0, 0.1) is 13.8 Å². The molecule has 1 amide bonds. The fourth-order valence-electron chi connectivity index (χ4n) is 2.92. The van der Waals surface area contributed by atoms with E-state index in [4.69, 9.17) is 0 Å². The molecule has 2 N–H and O–H groups in total. The standard InChI is InChI=1S/C21H25N5O3S2/c1-16-6-8-19(9-7-16)31(28,29)26(13-18-5-3-4-17(2)12-18)14-20(27)22-10-11-30-21-23-15-24-25-21/h3-9,12,15H,10-11,13-14H2,1-2H3,(H,22,27)(H,23,24,25). The Kier molecular flexibility index (Phi) is 7.83. The van der Waals surface area contributed by atoms with Crippen LogP contribution in [0.15, 0.2) is 64.9 Å². The molecule has 1 heterocycles. The van der Waals surface area contributed by atoms with Crippen molar-refractivity contribution in [2.45, 2.75) is 30.4 Å². The lowest BCUT2D eigenvalue weighted by atomic mass is 10.1. The average molecular weight is 460 g/mol. The Labute approximate surface area is 186 Å². The first-order valence-electron chi connectivity index (χ1n) is 9.72. The number of carbonyl (C=O) groups excluding carboxylic acids is 1. The normalized spacial score (nSPS) is 11.6. The summed E-state index contributed by atoms with van der Waals surface area (Å²) in [4.78, 5) is 16.7. The Bertz CT molecular complexity index is 1100. The van der Waals surface area contributed by atoms with Gasteiger partial charge in [0, 0.05) is 18.8 Å². The van der Waals surface area contributed by atoms with E-state index in [2.05, 4.69) is 20.5 Å². The summed E-state index contributed by atoms with van der Waals surface area (Å²) in [7, 11) is -3.85. The molecule has 10 heteroatoms. The quantitative estimate of drug-likeness (QED) is 0.356. The smallest absolute Gasteiger partial charge is 0.243 e. The number of sulfonamides is 1. The Morgan fingerprint density at radius 1 is 1.13 bits per heavy atom. The zero-order valence-corrected chi connectivity index (χ0v) is 19.0. The SMILES string of the molecule is Cc1ccc(S(=O)(=O)N(CC(=O)NCCSc2ncn[nH]2)Cc2cccc(C)c2)cc1. The number of benzene rings is 2. The fourth-order valence-corrected chi connectivity index (χ4v) is 4.94. The van der Waals surface area contributed by atoms with E-state index in [1.165, 1.54) is 22.4 Å². The molecule has 8 nitrogen and oxygen atoms in total. The van der Waals surface area contributed by atoms with Gasteiger partial charge in [-0.2, -0.15) is 9.40 Å². The summed E-state index contributed by atoms with van der Waals surface area (Å²) in [5.74, 6) is 0.227. The first-order chi connectivity index (χ1) is 14.8. The van der Waals surface area contributed by atoms with Crippen LogP contribution in [0.25, 0.3) is 0 Å². The lowest BCUT2D eigenvalue weighted by Crippen LogP contribution is -2.40. The first kappa shape index (κ1) is 23.0. The van der Waals surface area contributed by atoms with Crippen LogP contribution in [-0.4, -0.2) is 52.7 Å². The third-order valence-corrected chi connectivity index (χ3v) is 7.16. The molecular weight excluding hydrogens is 434 g/mol. The van der Waals surface area contributed by atoms with Gasteiger partial charge in [-0.05, 0) is 31.5 Å². The molecule has 0 saturated heterocycles. The number of nitrogens with zero attached hydrogens (tertiary/aromatic N) is 3. The van der Waals surface area contributed by atoms with Gasteiger partial charge in [-0.25, -0.2) is 13.4 Å². The molecule has 0 bridgehead atoms. The largest absolute Gasteiger partial charge is 0.354 e. The van der Waals surface area contributed by atoms with Gasteiger partial charge in [-0.3, -0.25) is 9.89 Å². The summed E-state index contributed by atoms with van der Waals surface area (Å²) in [5, 5.41) is 9.94. The number of rotatable bonds is 10. The van der Waals surface area contributed by atoms with Crippen LogP contribution in [0.1, 0.15) is 16.7 Å². The van der Waals surface area contributed by atoms with E-state index >= 15 is 0 Å². The minimum Gasteiger partial charge on any atom is -0.354 e. The minimum absolute atomic E-state index is 0.109. The molecule has 0 spiro atoms. The van der Waals surface area contributed by atoms with Crippen LogP contribution in [0.3, 0.4) is 0 Å². The van der Waals surface area contributed by atoms with Crippen LogP contribution in [0.2, 0.25) is 0 Å². The number of hydrogen-bond acceptors (Lipinski definition) is 6. The van der Waals surface area contributed by atoms with E-state index < -0.39 is 10.0 Å². The number of nitrogens with one attached hydrogen (secondary N) is 2.